The van der Waals surface area contributed by atoms with Gasteiger partial charge >= 0.3 is 6.01 Å². The molecule has 0 atom stereocenters. The van der Waals surface area contributed by atoms with Crippen molar-refractivity contribution in [1.82, 2.24) is 9.97 Å². The molecule has 16 heavy (non-hydrogen) atoms. The number of carbonyl (C=O) groups excluding carboxylic acids is 1. The fourth-order valence-corrected chi connectivity index (χ4v) is 1.13. The summed E-state index contributed by atoms with van der Waals surface area (Å²) in [6.07, 6.45) is 4.01. The number of nitrogens with zero attached hydrogens (tertiary/aromatic N) is 2. The minimum Gasteiger partial charge on any atom is -0.506 e. The molecule has 0 spiro atoms. The van der Waals surface area contributed by atoms with Crippen LogP contribution in [0.25, 0.3) is 0 Å². The molecular formula is C10H9N3O3. The Labute approximate surface area is 91.0 Å². The third kappa shape index (κ3) is 2.17. The fraction of sp³-hybridized carbons (Fsp3) is 0.100. The topological polar surface area (TPSA) is 88.2 Å². The molecule has 0 aliphatic heterocycles. The van der Waals surface area contributed by atoms with E-state index >= 15 is 0 Å². The summed E-state index contributed by atoms with van der Waals surface area (Å²) in [4.78, 5) is 19.2. The van der Waals surface area contributed by atoms with E-state index in [9.17, 15) is 4.79 Å². The number of carbonyl (C=O) groups is 1. The van der Waals surface area contributed by atoms with E-state index in [1.807, 2.05) is 0 Å². The van der Waals surface area contributed by atoms with Crippen molar-refractivity contribution >= 4 is 11.9 Å². The van der Waals surface area contributed by atoms with Crippen molar-refractivity contribution in [2.75, 3.05) is 5.32 Å². The van der Waals surface area contributed by atoms with Crippen LogP contribution >= 0.6 is 0 Å². The second kappa shape index (κ2) is 4.01. The molecule has 2 aromatic rings. The highest BCUT2D eigenvalue weighted by atomic mass is 16.4. The maximum absolute atomic E-state index is 11.6. The summed E-state index contributed by atoms with van der Waals surface area (Å²) < 4.78 is 4.96. The van der Waals surface area contributed by atoms with E-state index in [0.29, 0.717) is 5.69 Å². The highest BCUT2D eigenvalue weighted by Crippen LogP contribution is 2.11. The third-order valence-corrected chi connectivity index (χ3v) is 1.83. The van der Waals surface area contributed by atoms with Gasteiger partial charge in [0.2, 0.25) is 0 Å². The molecule has 6 heteroatoms. The molecule has 0 aromatic carbocycles. The predicted octanol–water partition coefficient (Wildman–Crippen LogP) is 1.34. The maximum atomic E-state index is 11.6. The highest BCUT2D eigenvalue weighted by Gasteiger charge is 2.10. The SMILES string of the molecule is Cc1coc(NC(=O)c2cncc(O)c2)n1. The number of pyridine rings is 1. The normalized spacial score (nSPS) is 10.1. The van der Waals surface area contributed by atoms with Crippen molar-refractivity contribution in [2.24, 2.45) is 0 Å². The summed E-state index contributed by atoms with van der Waals surface area (Å²) in [7, 11) is 0. The molecule has 0 radical (unpaired) electrons. The Bertz CT molecular complexity index is 522. The second-order valence-corrected chi connectivity index (χ2v) is 3.18. The van der Waals surface area contributed by atoms with E-state index in [1.54, 1.807) is 6.92 Å². The summed E-state index contributed by atoms with van der Waals surface area (Å²) in [5.74, 6) is -0.513. The molecule has 2 rings (SSSR count). The summed E-state index contributed by atoms with van der Waals surface area (Å²) in [5, 5.41) is 11.6. The van der Waals surface area contributed by atoms with Crippen LogP contribution in [0, 0.1) is 6.92 Å². The Morgan fingerprint density at radius 3 is 2.94 bits per heavy atom. The smallest absolute Gasteiger partial charge is 0.301 e. The van der Waals surface area contributed by atoms with Crippen molar-refractivity contribution < 1.29 is 14.3 Å². The summed E-state index contributed by atoms with van der Waals surface area (Å²) in [6, 6.07) is 1.42. The number of aromatic hydroxyl groups is 1. The first kappa shape index (κ1) is 10.2. The monoisotopic (exact) mass is 219 g/mol. The molecule has 2 heterocycles. The number of hydrogen-bond donors (Lipinski definition) is 2. The van der Waals surface area contributed by atoms with Crippen molar-refractivity contribution in [3.63, 3.8) is 0 Å². The van der Waals surface area contributed by atoms with Crippen LogP contribution in [0.4, 0.5) is 6.01 Å². The molecule has 2 aromatic heterocycles. The van der Waals surface area contributed by atoms with E-state index in [2.05, 4.69) is 15.3 Å². The van der Waals surface area contributed by atoms with Gasteiger partial charge in [-0.25, -0.2) is 0 Å². The van der Waals surface area contributed by atoms with Gasteiger partial charge in [-0.2, -0.15) is 4.98 Å². The molecular weight excluding hydrogens is 210 g/mol. The average molecular weight is 219 g/mol. The minimum absolute atomic E-state index is 0.0729. The van der Waals surface area contributed by atoms with Crippen LogP contribution in [0.15, 0.2) is 29.1 Å². The number of amides is 1. The lowest BCUT2D eigenvalue weighted by molar-refractivity contribution is 0.102. The van der Waals surface area contributed by atoms with Crippen LogP contribution in [-0.4, -0.2) is 21.0 Å². The van der Waals surface area contributed by atoms with Crippen molar-refractivity contribution in [3.05, 3.63) is 36.0 Å². The lowest BCUT2D eigenvalue weighted by atomic mass is 10.2. The molecule has 6 nitrogen and oxygen atoms in total. The van der Waals surface area contributed by atoms with Gasteiger partial charge in [-0.1, -0.05) is 0 Å². The summed E-state index contributed by atoms with van der Waals surface area (Å²) in [6.45, 7) is 1.75. The van der Waals surface area contributed by atoms with E-state index in [1.165, 1.54) is 24.7 Å². The number of rotatable bonds is 2. The van der Waals surface area contributed by atoms with Crippen LogP contribution in [0.3, 0.4) is 0 Å². The van der Waals surface area contributed by atoms with Gasteiger partial charge in [-0.05, 0) is 13.0 Å². The first-order chi connectivity index (χ1) is 7.65. The highest BCUT2D eigenvalue weighted by molar-refractivity contribution is 6.03. The Hall–Kier alpha value is -2.37. The number of aryl methyl sites for hydroxylation is 1. The largest absolute Gasteiger partial charge is 0.506 e. The van der Waals surface area contributed by atoms with Crippen LogP contribution in [0.5, 0.6) is 5.75 Å². The van der Waals surface area contributed by atoms with Gasteiger partial charge in [-0.15, -0.1) is 0 Å². The number of hydrogen-bond acceptors (Lipinski definition) is 5. The molecule has 0 saturated heterocycles. The van der Waals surface area contributed by atoms with E-state index in [-0.39, 0.29) is 17.3 Å². The Morgan fingerprint density at radius 1 is 1.50 bits per heavy atom. The average Bonchev–Trinajstić information content (AvgIpc) is 2.64. The van der Waals surface area contributed by atoms with Crippen LogP contribution in [-0.2, 0) is 0 Å². The van der Waals surface area contributed by atoms with Crippen LogP contribution in [0.1, 0.15) is 16.1 Å². The zero-order chi connectivity index (χ0) is 11.5. The van der Waals surface area contributed by atoms with E-state index in [4.69, 9.17) is 9.52 Å². The van der Waals surface area contributed by atoms with Gasteiger partial charge in [0.25, 0.3) is 5.91 Å². The zero-order valence-electron chi connectivity index (χ0n) is 8.47. The Morgan fingerprint density at radius 2 is 2.31 bits per heavy atom. The quantitative estimate of drug-likeness (QED) is 0.795. The lowest BCUT2D eigenvalue weighted by Crippen LogP contribution is -2.12. The molecule has 0 saturated carbocycles. The molecule has 0 fully saturated rings. The van der Waals surface area contributed by atoms with Crippen LogP contribution in [0.2, 0.25) is 0 Å². The van der Waals surface area contributed by atoms with E-state index < -0.39 is 5.91 Å². The van der Waals surface area contributed by atoms with Crippen molar-refractivity contribution in [1.29, 1.82) is 0 Å². The molecule has 0 aliphatic rings. The van der Waals surface area contributed by atoms with Gasteiger partial charge in [0, 0.05) is 6.20 Å². The first-order valence-electron chi connectivity index (χ1n) is 4.52. The fourth-order valence-electron chi connectivity index (χ4n) is 1.13. The Balaban J connectivity index is 2.14. The molecule has 82 valence electrons. The summed E-state index contributed by atoms with van der Waals surface area (Å²) >= 11 is 0. The minimum atomic E-state index is -0.440. The molecule has 0 bridgehead atoms. The number of nitrogens with one attached hydrogen (secondary N) is 1. The number of anilines is 1. The lowest BCUT2D eigenvalue weighted by Gasteiger charge is -2.00. The van der Waals surface area contributed by atoms with Gasteiger partial charge in [0.1, 0.15) is 12.0 Å². The second-order valence-electron chi connectivity index (χ2n) is 3.18. The van der Waals surface area contributed by atoms with Crippen LogP contribution < -0.4 is 5.32 Å². The van der Waals surface area contributed by atoms with E-state index in [0.717, 1.165) is 0 Å². The standard InChI is InChI=1S/C10H9N3O3/c1-6-5-16-10(12-6)13-9(15)7-2-8(14)4-11-3-7/h2-5,14H,1H3,(H,12,13,15). The van der Waals surface area contributed by atoms with Gasteiger partial charge in [0.05, 0.1) is 17.5 Å². The molecule has 1 amide bonds. The van der Waals surface area contributed by atoms with Gasteiger partial charge < -0.3 is 9.52 Å². The molecule has 0 unspecified atom stereocenters. The maximum Gasteiger partial charge on any atom is 0.301 e. The number of oxazole rings is 1. The predicted molar refractivity (Wildman–Crippen MR) is 55.1 cm³/mol. The van der Waals surface area contributed by atoms with Gasteiger partial charge in [-0.3, -0.25) is 15.1 Å². The Kier molecular flexibility index (Phi) is 2.55. The summed E-state index contributed by atoms with van der Waals surface area (Å²) in [5.41, 5.74) is 0.903. The number of aromatic nitrogens is 2. The van der Waals surface area contributed by atoms with Gasteiger partial charge in [0.15, 0.2) is 0 Å². The third-order valence-electron chi connectivity index (χ3n) is 1.83. The molecule has 2 N–H and O–H groups in total. The molecule has 0 aliphatic carbocycles. The van der Waals surface area contributed by atoms with Crippen molar-refractivity contribution in [2.45, 2.75) is 6.92 Å². The zero-order valence-corrected chi connectivity index (χ0v) is 8.47. The first-order valence-corrected chi connectivity index (χ1v) is 4.52. The van der Waals surface area contributed by atoms with Crippen molar-refractivity contribution in [3.8, 4) is 5.75 Å².